The van der Waals surface area contributed by atoms with Crippen molar-refractivity contribution in [2.75, 3.05) is 59.0 Å². The molecule has 1 atom stereocenters. The van der Waals surface area contributed by atoms with Crippen LogP contribution in [0.25, 0.3) is 6.08 Å². The molecule has 2 heterocycles. The predicted molar refractivity (Wildman–Crippen MR) is 134 cm³/mol. The molecular weight excluding hydrogens is 394 g/mol. The Labute approximate surface area is 194 Å². The largest absolute Gasteiger partial charge is 0.379 e. The molecule has 2 aliphatic rings. The van der Waals surface area contributed by atoms with E-state index in [1.807, 2.05) is 0 Å². The molecular formula is C28H39N3O. The monoisotopic (exact) mass is 433 g/mol. The predicted octanol–water partition coefficient (Wildman–Crippen LogP) is 4.39. The summed E-state index contributed by atoms with van der Waals surface area (Å²) in [6, 6.07) is 19.8. The summed E-state index contributed by atoms with van der Waals surface area (Å²) in [6.45, 7) is 12.8. The molecule has 2 aromatic rings. The van der Waals surface area contributed by atoms with Crippen LogP contribution in [0.5, 0.6) is 0 Å². The van der Waals surface area contributed by atoms with E-state index in [1.54, 1.807) is 5.57 Å². The van der Waals surface area contributed by atoms with E-state index < -0.39 is 0 Å². The van der Waals surface area contributed by atoms with Crippen molar-refractivity contribution in [3.63, 3.8) is 0 Å². The van der Waals surface area contributed by atoms with E-state index in [1.165, 1.54) is 42.6 Å². The Morgan fingerprint density at radius 3 is 2.41 bits per heavy atom. The second kappa shape index (κ2) is 12.3. The minimum Gasteiger partial charge on any atom is -0.379 e. The Hall–Kier alpha value is -1.98. The Morgan fingerprint density at radius 1 is 0.906 bits per heavy atom. The highest BCUT2D eigenvalue weighted by atomic mass is 16.5. The molecule has 1 unspecified atom stereocenters. The summed E-state index contributed by atoms with van der Waals surface area (Å²) in [7, 11) is 0. The van der Waals surface area contributed by atoms with E-state index in [9.17, 15) is 0 Å². The number of rotatable bonds is 9. The van der Waals surface area contributed by atoms with E-state index in [0.29, 0.717) is 5.92 Å². The standard InChI is InChI=1S/C28H39N3O/c1-24(26-7-3-2-4-8-26)23-31-14-11-25(12-15-31)21-27-9-5-6-10-28(27)22-29-13-16-30-17-19-32-20-18-30/h2-10,21,24,29H,11-20,22-23H2,1H3. The SMILES string of the molecule is CC(CN1CCC(=Cc2ccccc2CNCCN2CCOCC2)CC1)c1ccccc1. The molecule has 32 heavy (non-hydrogen) atoms. The van der Waals surface area contributed by atoms with E-state index >= 15 is 0 Å². The fraction of sp³-hybridized carbons (Fsp3) is 0.500. The lowest BCUT2D eigenvalue weighted by Gasteiger charge is -2.31. The first kappa shape index (κ1) is 23.2. The zero-order valence-corrected chi connectivity index (χ0v) is 19.6. The van der Waals surface area contributed by atoms with Crippen molar-refractivity contribution in [2.45, 2.75) is 32.2 Å². The molecule has 1 N–H and O–H groups in total. The Balaban J connectivity index is 1.24. The quantitative estimate of drug-likeness (QED) is 0.594. The van der Waals surface area contributed by atoms with Crippen LogP contribution in [0.3, 0.4) is 0 Å². The van der Waals surface area contributed by atoms with Crippen LogP contribution in [0.15, 0.2) is 60.2 Å². The molecule has 0 spiro atoms. The molecule has 172 valence electrons. The van der Waals surface area contributed by atoms with Gasteiger partial charge in [-0.25, -0.2) is 0 Å². The van der Waals surface area contributed by atoms with Crippen LogP contribution in [-0.4, -0.2) is 68.8 Å². The minimum atomic E-state index is 0.589. The van der Waals surface area contributed by atoms with Gasteiger partial charge in [-0.2, -0.15) is 0 Å². The summed E-state index contributed by atoms with van der Waals surface area (Å²) >= 11 is 0. The average Bonchev–Trinajstić information content (AvgIpc) is 2.85. The summed E-state index contributed by atoms with van der Waals surface area (Å²) in [5, 5.41) is 3.65. The molecule has 2 aromatic carbocycles. The third-order valence-corrected chi connectivity index (χ3v) is 6.84. The molecule has 0 amide bonds. The highest BCUT2D eigenvalue weighted by Gasteiger charge is 2.17. The van der Waals surface area contributed by atoms with Crippen LogP contribution in [0, 0.1) is 0 Å². The third kappa shape index (κ3) is 7.01. The maximum absolute atomic E-state index is 5.44. The number of nitrogens with one attached hydrogen (secondary N) is 1. The highest BCUT2D eigenvalue weighted by Crippen LogP contribution is 2.24. The highest BCUT2D eigenvalue weighted by molar-refractivity contribution is 5.57. The van der Waals surface area contributed by atoms with Crippen molar-refractivity contribution >= 4 is 6.08 Å². The van der Waals surface area contributed by atoms with Gasteiger partial charge in [0, 0.05) is 52.4 Å². The van der Waals surface area contributed by atoms with Gasteiger partial charge in [0.25, 0.3) is 0 Å². The molecule has 2 aliphatic heterocycles. The number of likely N-dealkylation sites (tertiary alicyclic amines) is 1. The first-order valence-electron chi connectivity index (χ1n) is 12.3. The number of nitrogens with zero attached hydrogens (tertiary/aromatic N) is 2. The summed E-state index contributed by atoms with van der Waals surface area (Å²) in [5.74, 6) is 0.589. The van der Waals surface area contributed by atoms with Crippen LogP contribution in [0.2, 0.25) is 0 Å². The minimum absolute atomic E-state index is 0.589. The van der Waals surface area contributed by atoms with E-state index in [-0.39, 0.29) is 0 Å². The maximum Gasteiger partial charge on any atom is 0.0594 e. The van der Waals surface area contributed by atoms with Gasteiger partial charge in [-0.15, -0.1) is 0 Å². The number of hydrogen-bond donors (Lipinski definition) is 1. The van der Waals surface area contributed by atoms with Gasteiger partial charge < -0.3 is 15.0 Å². The molecule has 0 aromatic heterocycles. The Bertz CT molecular complexity index is 835. The molecule has 0 radical (unpaired) electrons. The maximum atomic E-state index is 5.44. The lowest BCUT2D eigenvalue weighted by Crippen LogP contribution is -2.40. The molecule has 0 aliphatic carbocycles. The zero-order valence-electron chi connectivity index (χ0n) is 19.6. The number of benzene rings is 2. The van der Waals surface area contributed by atoms with Gasteiger partial charge in [0.1, 0.15) is 0 Å². The van der Waals surface area contributed by atoms with Crippen molar-refractivity contribution < 1.29 is 4.74 Å². The topological polar surface area (TPSA) is 27.7 Å². The fourth-order valence-electron chi connectivity index (χ4n) is 4.78. The molecule has 4 heteroatoms. The molecule has 2 fully saturated rings. The van der Waals surface area contributed by atoms with Crippen LogP contribution >= 0.6 is 0 Å². The zero-order chi connectivity index (χ0) is 22.0. The normalized spacial score (nSPS) is 19.1. The smallest absolute Gasteiger partial charge is 0.0594 e. The summed E-state index contributed by atoms with van der Waals surface area (Å²) < 4.78 is 5.44. The summed E-state index contributed by atoms with van der Waals surface area (Å²) in [5.41, 5.74) is 5.83. The van der Waals surface area contributed by atoms with Crippen molar-refractivity contribution in [3.05, 3.63) is 76.9 Å². The van der Waals surface area contributed by atoms with Crippen molar-refractivity contribution in [1.82, 2.24) is 15.1 Å². The van der Waals surface area contributed by atoms with E-state index in [4.69, 9.17) is 4.74 Å². The lowest BCUT2D eigenvalue weighted by molar-refractivity contribution is 0.0384. The van der Waals surface area contributed by atoms with E-state index in [2.05, 4.69) is 82.7 Å². The Morgan fingerprint density at radius 2 is 1.62 bits per heavy atom. The van der Waals surface area contributed by atoms with Gasteiger partial charge >= 0.3 is 0 Å². The van der Waals surface area contributed by atoms with Gasteiger partial charge in [-0.3, -0.25) is 4.90 Å². The summed E-state index contributed by atoms with van der Waals surface area (Å²) in [4.78, 5) is 5.12. The first-order valence-corrected chi connectivity index (χ1v) is 12.3. The number of ether oxygens (including phenoxy) is 1. The van der Waals surface area contributed by atoms with Gasteiger partial charge in [0.2, 0.25) is 0 Å². The number of morpholine rings is 1. The van der Waals surface area contributed by atoms with Crippen molar-refractivity contribution in [2.24, 2.45) is 0 Å². The summed E-state index contributed by atoms with van der Waals surface area (Å²) in [6.07, 6.45) is 4.82. The van der Waals surface area contributed by atoms with Crippen molar-refractivity contribution in [3.8, 4) is 0 Å². The Kier molecular flexibility index (Phi) is 8.92. The third-order valence-electron chi connectivity index (χ3n) is 6.84. The van der Waals surface area contributed by atoms with Crippen LogP contribution in [0.4, 0.5) is 0 Å². The fourth-order valence-corrected chi connectivity index (χ4v) is 4.78. The molecule has 4 nitrogen and oxygen atoms in total. The van der Waals surface area contributed by atoms with Gasteiger partial charge in [0.05, 0.1) is 13.2 Å². The number of piperidine rings is 1. The van der Waals surface area contributed by atoms with Crippen LogP contribution < -0.4 is 5.32 Å². The van der Waals surface area contributed by atoms with Gasteiger partial charge in [-0.1, -0.05) is 73.2 Å². The molecule has 2 saturated heterocycles. The van der Waals surface area contributed by atoms with E-state index in [0.717, 1.165) is 52.5 Å². The average molecular weight is 434 g/mol. The first-order chi connectivity index (χ1) is 15.8. The van der Waals surface area contributed by atoms with Gasteiger partial charge in [0.15, 0.2) is 0 Å². The van der Waals surface area contributed by atoms with Gasteiger partial charge in [-0.05, 0) is 35.4 Å². The molecule has 0 bridgehead atoms. The number of hydrogen-bond acceptors (Lipinski definition) is 4. The molecule has 4 rings (SSSR count). The second-order valence-electron chi connectivity index (χ2n) is 9.24. The van der Waals surface area contributed by atoms with Crippen LogP contribution in [-0.2, 0) is 11.3 Å². The van der Waals surface area contributed by atoms with Crippen LogP contribution in [0.1, 0.15) is 42.4 Å². The second-order valence-corrected chi connectivity index (χ2v) is 9.24. The van der Waals surface area contributed by atoms with Crippen molar-refractivity contribution in [1.29, 1.82) is 0 Å². The lowest BCUT2D eigenvalue weighted by atomic mass is 9.96. The molecule has 0 saturated carbocycles.